The monoisotopic (exact) mass is 1440 g/mol. The lowest BCUT2D eigenvalue weighted by Gasteiger charge is -2.41. The molecule has 0 saturated heterocycles. The van der Waals surface area contributed by atoms with Gasteiger partial charge in [0.05, 0.1) is 0 Å². The average molecular weight is 1440 g/mol. The van der Waals surface area contributed by atoms with Gasteiger partial charge in [-0.15, -0.1) is 0 Å². The third-order valence-electron chi connectivity index (χ3n) is 38.9. The molecule has 0 N–H and O–H groups in total. The minimum Gasteiger partial charge on any atom is -0.0625 e. The second kappa shape index (κ2) is 35.8. The molecule has 0 heteroatoms. The summed E-state index contributed by atoms with van der Waals surface area (Å²) < 4.78 is 0. The van der Waals surface area contributed by atoms with Crippen LogP contribution in [0.2, 0.25) is 0 Å². The van der Waals surface area contributed by atoms with Crippen LogP contribution < -0.4 is 0 Å². The van der Waals surface area contributed by atoms with Gasteiger partial charge in [0.25, 0.3) is 0 Å². The molecule has 16 saturated carbocycles. The fourth-order valence-electron chi connectivity index (χ4n) is 33.1. The Bertz CT molecular complexity index is 2390. The van der Waals surface area contributed by atoms with Gasteiger partial charge in [-0.2, -0.15) is 0 Å². The van der Waals surface area contributed by atoms with E-state index >= 15 is 0 Å². The standard InChI is InChI=1S/8C13H24/c1-8(2)12-6-11-5-10(12)7-13(11)9(3)4;1-8(2)11-5-10-6-12(9(3)4)13(11)7-10;1-10(2)12-5-7-13(9-12,8-6-12)11(3)4;1-9(2)12-11-5-7-13(12,8-6-11)10(3)4;1-9(2)12-8-13(10(3)4)6-5-11(12)7-13;1-9(2)12-7-11-5-6-13(12,8-11)10(3)4;1-8(2)12-7-10-5-6-11(12)13(10)9(3)4;1-8(2)12-10-5-6-11(7-10)13(12)9(3)4/h2*8-13H,5-7H2,1-4H3;10-11H,5-9H2,1-4H3;3*9-12H,5-8H2,1-4H3;2*8-13H,5-7H2,1-4H3. The molecular weight excluding hydrogens is 1250 g/mol. The molecule has 21 atom stereocenters. The van der Waals surface area contributed by atoms with E-state index in [-0.39, 0.29) is 0 Å². The predicted molar refractivity (Wildman–Crippen MR) is 460 cm³/mol. The van der Waals surface area contributed by atoms with E-state index in [9.17, 15) is 0 Å². The van der Waals surface area contributed by atoms with Crippen molar-refractivity contribution in [2.24, 2.45) is 252 Å². The van der Waals surface area contributed by atoms with Crippen molar-refractivity contribution in [1.82, 2.24) is 0 Å². The lowest BCUT2D eigenvalue weighted by molar-refractivity contribution is 0.0802. The minimum absolute atomic E-state index is 0.749. The number of rotatable bonds is 16. The minimum atomic E-state index is 0.749. The SMILES string of the molecule is CC(C)C12CCC(C(C)C)(CC1)C2.CC(C)C1C2CCC(C2)C1C(C)C.CC(C)C1C2CCC1(C(C)C)CC2.CC(C)C1CC2(C(C)C)CCC1C2.CC(C)C1CC2CC(C(C)C)C1C2.CC(C)C1CC2CC1CC2C(C)C.CC(C)C1CC2CCC1(C(C)C)C2.CC(C)C1CC2CCC1C2C(C)C. The molecule has 16 rings (SSSR count). The Morgan fingerprint density at radius 3 is 0.913 bits per heavy atom. The first kappa shape index (κ1) is 88.0. The predicted octanol–water partition coefficient (Wildman–Crippen LogP) is 32.4. The molecule has 608 valence electrons. The molecule has 104 heavy (non-hydrogen) atoms. The average Bonchev–Trinajstić information content (AvgIpc) is 1.60. The van der Waals surface area contributed by atoms with Gasteiger partial charge in [-0.25, -0.2) is 0 Å². The topological polar surface area (TPSA) is 0 Å². The van der Waals surface area contributed by atoms with Crippen LogP contribution >= 0.6 is 0 Å². The van der Waals surface area contributed by atoms with Gasteiger partial charge >= 0.3 is 0 Å². The fourth-order valence-corrected chi connectivity index (χ4v) is 33.1. The Kier molecular flexibility index (Phi) is 30.3. The zero-order valence-corrected chi connectivity index (χ0v) is 76.9. The van der Waals surface area contributed by atoms with Gasteiger partial charge in [0.15, 0.2) is 0 Å². The summed E-state index contributed by atoms with van der Waals surface area (Å²) in [6.07, 6.45) is 44.6. The van der Waals surface area contributed by atoms with Crippen LogP contribution in [0.4, 0.5) is 0 Å². The molecule has 0 aromatic heterocycles. The Morgan fingerprint density at radius 2 is 0.606 bits per heavy atom. The van der Waals surface area contributed by atoms with E-state index < -0.39 is 0 Å². The number of hydrogen-bond acceptors (Lipinski definition) is 0. The van der Waals surface area contributed by atoms with Gasteiger partial charge in [-0.1, -0.05) is 222 Å². The quantitative estimate of drug-likeness (QED) is 0.144. The van der Waals surface area contributed by atoms with Crippen LogP contribution in [0.25, 0.3) is 0 Å². The van der Waals surface area contributed by atoms with Crippen LogP contribution in [0.5, 0.6) is 0 Å². The molecular formula is C104H192. The summed E-state index contributed by atoms with van der Waals surface area (Å²) in [6, 6.07) is 0. The molecule has 16 fully saturated rings. The largest absolute Gasteiger partial charge is 0.0625 e. The van der Waals surface area contributed by atoms with Crippen molar-refractivity contribution in [3.63, 3.8) is 0 Å². The van der Waals surface area contributed by atoms with Crippen molar-refractivity contribution in [1.29, 1.82) is 0 Å². The van der Waals surface area contributed by atoms with Gasteiger partial charge in [0.2, 0.25) is 0 Å². The maximum absolute atomic E-state index is 2.45. The second-order valence-corrected chi connectivity index (χ2v) is 48.5. The number of fused-ring (bicyclic) bond motifs is 16. The summed E-state index contributed by atoms with van der Waals surface area (Å²) in [5, 5.41) is 0. The van der Waals surface area contributed by atoms with E-state index in [2.05, 4.69) is 222 Å². The van der Waals surface area contributed by atoms with Crippen LogP contribution in [0.15, 0.2) is 0 Å². The molecule has 21 unspecified atom stereocenters. The van der Waals surface area contributed by atoms with Crippen LogP contribution in [0.3, 0.4) is 0 Å². The van der Waals surface area contributed by atoms with Crippen molar-refractivity contribution < 1.29 is 0 Å². The first-order valence-corrected chi connectivity index (χ1v) is 48.6. The van der Waals surface area contributed by atoms with E-state index in [1.165, 1.54) is 122 Å². The highest BCUT2D eigenvalue weighted by atomic mass is 14.6. The summed E-state index contributed by atoms with van der Waals surface area (Å²) in [5.41, 5.74) is 3.77. The molecule has 0 nitrogen and oxygen atoms in total. The summed E-state index contributed by atoms with van der Waals surface area (Å²) in [6.45, 7) is 77.7. The molecule has 0 aliphatic heterocycles. The Balaban J connectivity index is 0.000000138. The van der Waals surface area contributed by atoms with Gasteiger partial charge in [-0.05, 0) is 438 Å². The molecule has 0 heterocycles. The summed E-state index contributed by atoms with van der Waals surface area (Å²) in [7, 11) is 0. The summed E-state index contributed by atoms with van der Waals surface area (Å²) in [5.74, 6) is 38.4. The first-order chi connectivity index (χ1) is 48.6. The fraction of sp³-hybridized carbons (Fsp3) is 1.00. The molecule has 0 aromatic rings. The van der Waals surface area contributed by atoms with Crippen molar-refractivity contribution in [3.8, 4) is 0 Å². The third-order valence-corrected chi connectivity index (χ3v) is 38.9. The van der Waals surface area contributed by atoms with Crippen LogP contribution in [0, 0.1) is 252 Å². The van der Waals surface area contributed by atoms with Crippen molar-refractivity contribution in [2.45, 2.75) is 408 Å². The molecule has 0 radical (unpaired) electrons. The molecule has 0 aromatic carbocycles. The lowest BCUT2D eigenvalue weighted by Crippen LogP contribution is -2.33. The Morgan fingerprint density at radius 1 is 0.212 bits per heavy atom. The second-order valence-electron chi connectivity index (χ2n) is 48.5. The highest BCUT2D eigenvalue weighted by Gasteiger charge is 2.59. The van der Waals surface area contributed by atoms with Crippen LogP contribution in [-0.4, -0.2) is 0 Å². The highest BCUT2D eigenvalue weighted by Crippen LogP contribution is 2.69. The van der Waals surface area contributed by atoms with E-state index in [1.54, 1.807) is 64.2 Å². The Hall–Kier alpha value is 0. The van der Waals surface area contributed by atoms with Crippen LogP contribution in [0.1, 0.15) is 408 Å². The molecule has 16 aliphatic carbocycles. The first-order valence-electron chi connectivity index (χ1n) is 48.6. The Labute approximate surface area is 655 Å². The number of hydrogen-bond donors (Lipinski definition) is 0. The van der Waals surface area contributed by atoms with Gasteiger partial charge in [0.1, 0.15) is 0 Å². The van der Waals surface area contributed by atoms with Crippen molar-refractivity contribution in [3.05, 3.63) is 0 Å². The maximum atomic E-state index is 2.45. The van der Waals surface area contributed by atoms with E-state index in [0.717, 1.165) is 252 Å². The third kappa shape index (κ3) is 18.2. The summed E-state index contributed by atoms with van der Waals surface area (Å²) >= 11 is 0. The van der Waals surface area contributed by atoms with E-state index in [0.29, 0.717) is 0 Å². The van der Waals surface area contributed by atoms with Crippen LogP contribution in [-0.2, 0) is 0 Å². The van der Waals surface area contributed by atoms with Gasteiger partial charge < -0.3 is 0 Å². The molecule has 16 aliphatic rings. The van der Waals surface area contributed by atoms with E-state index in [4.69, 9.17) is 0 Å². The zero-order valence-electron chi connectivity index (χ0n) is 76.9. The molecule has 0 amide bonds. The zero-order chi connectivity index (χ0) is 76.9. The van der Waals surface area contributed by atoms with Gasteiger partial charge in [0, 0.05) is 0 Å². The normalized spacial score (nSPS) is 43.8. The van der Waals surface area contributed by atoms with Crippen molar-refractivity contribution >= 4 is 0 Å². The maximum Gasteiger partial charge on any atom is -0.0241 e. The summed E-state index contributed by atoms with van der Waals surface area (Å²) in [4.78, 5) is 0. The van der Waals surface area contributed by atoms with Gasteiger partial charge in [-0.3, -0.25) is 0 Å². The smallest absolute Gasteiger partial charge is 0.0241 e. The van der Waals surface area contributed by atoms with Crippen molar-refractivity contribution in [2.75, 3.05) is 0 Å². The lowest BCUT2D eigenvalue weighted by atomic mass is 9.64. The van der Waals surface area contributed by atoms with E-state index in [1.807, 2.05) is 0 Å². The molecule has 0 spiro atoms. The highest BCUT2D eigenvalue weighted by molar-refractivity contribution is 5.09. The molecule has 16 bridgehead atoms.